The molecule has 0 spiro atoms. The van der Waals surface area contributed by atoms with Gasteiger partial charge in [0.15, 0.2) is 0 Å². The smallest absolute Gasteiger partial charge is 0.306 e. The van der Waals surface area contributed by atoms with E-state index in [2.05, 4.69) is 10.3 Å². The van der Waals surface area contributed by atoms with Crippen LogP contribution in [0.4, 0.5) is 0 Å². The molecule has 0 saturated heterocycles. The Morgan fingerprint density at radius 3 is 2.73 bits per heavy atom. The van der Waals surface area contributed by atoms with Crippen molar-refractivity contribution < 1.29 is 19.4 Å². The van der Waals surface area contributed by atoms with E-state index in [1.807, 2.05) is 0 Å². The number of carboxylic acids is 1. The van der Waals surface area contributed by atoms with Crippen LogP contribution in [-0.2, 0) is 9.59 Å². The number of carboxylic acid groups (broad SMARTS) is 1. The van der Waals surface area contributed by atoms with Gasteiger partial charge in [-0.2, -0.15) is 0 Å². The van der Waals surface area contributed by atoms with Crippen molar-refractivity contribution in [3.8, 4) is 5.88 Å². The Morgan fingerprint density at radius 1 is 1.36 bits per heavy atom. The Hall–Kier alpha value is -1.53. The molecule has 0 radical (unpaired) electrons. The Bertz CT molecular complexity index is 568. The number of ether oxygens (including phenoxy) is 1. The van der Waals surface area contributed by atoms with Crippen LogP contribution in [0.5, 0.6) is 5.88 Å². The van der Waals surface area contributed by atoms with E-state index in [0.717, 1.165) is 0 Å². The molecule has 1 saturated carbocycles. The molecule has 0 aromatic carbocycles. The Morgan fingerprint density at radius 2 is 2.09 bits per heavy atom. The minimum Gasteiger partial charge on any atom is -0.481 e. The number of aromatic nitrogens is 1. The summed E-state index contributed by atoms with van der Waals surface area (Å²) in [6.45, 7) is 0.517. The second-order valence-electron chi connectivity index (χ2n) is 5.13. The number of rotatable bonds is 6. The summed E-state index contributed by atoms with van der Waals surface area (Å²) in [5.74, 6) is -1.36. The largest absolute Gasteiger partial charge is 0.481 e. The van der Waals surface area contributed by atoms with E-state index in [1.54, 1.807) is 0 Å². The maximum atomic E-state index is 11.9. The van der Waals surface area contributed by atoms with Gasteiger partial charge in [-0.1, -0.05) is 23.2 Å². The molecule has 0 bridgehead atoms. The first-order valence-corrected chi connectivity index (χ1v) is 7.67. The van der Waals surface area contributed by atoms with E-state index < -0.39 is 11.9 Å². The highest BCUT2D eigenvalue weighted by Gasteiger charge is 2.33. The highest BCUT2D eigenvalue weighted by molar-refractivity contribution is 6.35. The molecule has 22 heavy (non-hydrogen) atoms. The highest BCUT2D eigenvalue weighted by atomic mass is 35.5. The standard InChI is InChI=1S/C14H16Cl2N2O4/c15-10-6-11(16)13(18-7-10)22-4-3-17-12(19)8-1-2-9(5-8)14(20)21/h6-9H,1-5H2,(H,17,19)(H,20,21)/t8-,9+/m0/s1. The van der Waals surface area contributed by atoms with Crippen molar-refractivity contribution in [3.05, 3.63) is 22.3 Å². The van der Waals surface area contributed by atoms with Gasteiger partial charge in [0.2, 0.25) is 11.8 Å². The number of carbonyl (C=O) groups is 2. The van der Waals surface area contributed by atoms with Crippen molar-refractivity contribution in [1.29, 1.82) is 0 Å². The lowest BCUT2D eigenvalue weighted by Crippen LogP contribution is -2.33. The minimum atomic E-state index is -0.831. The average molecular weight is 347 g/mol. The lowest BCUT2D eigenvalue weighted by molar-refractivity contribution is -0.141. The number of nitrogens with one attached hydrogen (secondary N) is 1. The first-order chi connectivity index (χ1) is 10.5. The normalized spacial score (nSPS) is 20.6. The van der Waals surface area contributed by atoms with E-state index in [-0.39, 0.29) is 24.3 Å². The first kappa shape index (κ1) is 16.8. The van der Waals surface area contributed by atoms with E-state index in [9.17, 15) is 9.59 Å². The van der Waals surface area contributed by atoms with E-state index in [0.29, 0.717) is 35.9 Å². The molecule has 120 valence electrons. The fourth-order valence-electron chi connectivity index (χ4n) is 2.42. The molecule has 0 aliphatic heterocycles. The van der Waals surface area contributed by atoms with Crippen molar-refractivity contribution in [2.24, 2.45) is 11.8 Å². The van der Waals surface area contributed by atoms with E-state index in [1.165, 1.54) is 12.3 Å². The molecular weight excluding hydrogens is 331 g/mol. The molecule has 2 rings (SSSR count). The molecule has 1 aliphatic carbocycles. The maximum absolute atomic E-state index is 11.9. The summed E-state index contributed by atoms with van der Waals surface area (Å²) < 4.78 is 5.35. The Balaban J connectivity index is 1.70. The lowest BCUT2D eigenvalue weighted by atomic mass is 10.0. The zero-order chi connectivity index (χ0) is 16.1. The van der Waals surface area contributed by atoms with Crippen LogP contribution < -0.4 is 10.1 Å². The van der Waals surface area contributed by atoms with Crippen LogP contribution in [0, 0.1) is 11.8 Å². The fraction of sp³-hybridized carbons (Fsp3) is 0.500. The summed E-state index contributed by atoms with van der Waals surface area (Å²) in [6.07, 6.45) is 2.97. The molecule has 1 heterocycles. The molecule has 2 N–H and O–H groups in total. The monoisotopic (exact) mass is 346 g/mol. The van der Waals surface area contributed by atoms with Gasteiger partial charge in [-0.05, 0) is 25.3 Å². The topological polar surface area (TPSA) is 88.5 Å². The zero-order valence-electron chi connectivity index (χ0n) is 11.7. The molecule has 8 heteroatoms. The van der Waals surface area contributed by atoms with Crippen LogP contribution in [0.15, 0.2) is 12.3 Å². The van der Waals surface area contributed by atoms with Crippen LogP contribution >= 0.6 is 23.2 Å². The van der Waals surface area contributed by atoms with Gasteiger partial charge in [0.05, 0.1) is 17.5 Å². The molecule has 1 aromatic heterocycles. The van der Waals surface area contributed by atoms with Crippen molar-refractivity contribution >= 4 is 35.1 Å². The maximum Gasteiger partial charge on any atom is 0.306 e. The highest BCUT2D eigenvalue weighted by Crippen LogP contribution is 2.31. The van der Waals surface area contributed by atoms with Crippen LogP contribution in [0.2, 0.25) is 10.0 Å². The summed E-state index contributed by atoms with van der Waals surface area (Å²) in [6, 6.07) is 1.52. The Kier molecular flexibility index (Phi) is 5.85. The third kappa shape index (κ3) is 4.48. The van der Waals surface area contributed by atoms with Crippen LogP contribution in [0.1, 0.15) is 19.3 Å². The summed E-state index contributed by atoms with van der Waals surface area (Å²) in [5.41, 5.74) is 0. The predicted octanol–water partition coefficient (Wildman–Crippen LogP) is 2.38. The molecular formula is C14H16Cl2N2O4. The van der Waals surface area contributed by atoms with Crippen molar-refractivity contribution in [2.75, 3.05) is 13.2 Å². The molecule has 1 aromatic rings. The Labute approximate surface area is 137 Å². The van der Waals surface area contributed by atoms with Crippen molar-refractivity contribution in [3.63, 3.8) is 0 Å². The van der Waals surface area contributed by atoms with Crippen molar-refractivity contribution in [1.82, 2.24) is 10.3 Å². The fourth-order valence-corrected chi connectivity index (χ4v) is 2.85. The molecule has 6 nitrogen and oxygen atoms in total. The van der Waals surface area contributed by atoms with Gasteiger partial charge in [-0.15, -0.1) is 0 Å². The zero-order valence-corrected chi connectivity index (χ0v) is 13.2. The van der Waals surface area contributed by atoms with Gasteiger partial charge in [-0.3, -0.25) is 9.59 Å². The second-order valence-corrected chi connectivity index (χ2v) is 5.97. The number of carbonyl (C=O) groups excluding carboxylic acids is 1. The molecule has 0 unspecified atom stereocenters. The van der Waals surface area contributed by atoms with Gasteiger partial charge in [0.25, 0.3) is 0 Å². The third-order valence-corrected chi connectivity index (χ3v) is 4.04. The lowest BCUT2D eigenvalue weighted by Gasteiger charge is -2.11. The summed E-state index contributed by atoms with van der Waals surface area (Å²) >= 11 is 11.6. The predicted molar refractivity (Wildman–Crippen MR) is 81.2 cm³/mol. The number of halogens is 2. The summed E-state index contributed by atoms with van der Waals surface area (Å²) in [7, 11) is 0. The van der Waals surface area contributed by atoms with Crippen LogP contribution in [0.25, 0.3) is 0 Å². The van der Waals surface area contributed by atoms with Gasteiger partial charge in [-0.25, -0.2) is 4.98 Å². The number of nitrogens with zero attached hydrogens (tertiary/aromatic N) is 1. The van der Waals surface area contributed by atoms with Gasteiger partial charge in [0, 0.05) is 12.1 Å². The second kappa shape index (κ2) is 7.65. The van der Waals surface area contributed by atoms with E-state index >= 15 is 0 Å². The number of aliphatic carboxylic acids is 1. The number of hydrogen-bond acceptors (Lipinski definition) is 4. The van der Waals surface area contributed by atoms with Crippen LogP contribution in [-0.4, -0.2) is 35.1 Å². The van der Waals surface area contributed by atoms with Gasteiger partial charge < -0.3 is 15.2 Å². The van der Waals surface area contributed by atoms with E-state index in [4.69, 9.17) is 33.0 Å². The average Bonchev–Trinajstić information content (AvgIpc) is 2.95. The molecule has 1 fully saturated rings. The van der Waals surface area contributed by atoms with Gasteiger partial charge in [0.1, 0.15) is 11.6 Å². The van der Waals surface area contributed by atoms with Gasteiger partial charge >= 0.3 is 5.97 Å². The molecule has 1 amide bonds. The van der Waals surface area contributed by atoms with Crippen LogP contribution in [0.3, 0.4) is 0 Å². The number of pyridine rings is 1. The third-order valence-electron chi connectivity index (χ3n) is 3.57. The molecule has 2 atom stereocenters. The number of amides is 1. The quantitative estimate of drug-likeness (QED) is 0.772. The molecule has 1 aliphatic rings. The first-order valence-electron chi connectivity index (χ1n) is 6.91. The summed E-state index contributed by atoms with van der Waals surface area (Å²) in [5, 5.41) is 12.4. The van der Waals surface area contributed by atoms with Crippen molar-refractivity contribution in [2.45, 2.75) is 19.3 Å². The summed E-state index contributed by atoms with van der Waals surface area (Å²) in [4.78, 5) is 26.7. The number of hydrogen-bond donors (Lipinski definition) is 2. The SMILES string of the molecule is O=C(O)[C@@H]1CC[C@H](C(=O)NCCOc2ncc(Cl)cc2Cl)C1. The minimum absolute atomic E-state index is 0.137.